The van der Waals surface area contributed by atoms with E-state index in [4.69, 9.17) is 15.2 Å². The molecule has 0 saturated heterocycles. The zero-order valence-corrected chi connectivity index (χ0v) is 11.5. The van der Waals surface area contributed by atoms with E-state index in [1.54, 1.807) is 18.9 Å². The molecule has 0 aromatic heterocycles. The molecule has 0 aliphatic heterocycles. The minimum atomic E-state index is -0.481. The van der Waals surface area contributed by atoms with Crippen LogP contribution in [0.3, 0.4) is 0 Å². The zero-order valence-electron chi connectivity index (χ0n) is 10.7. The van der Waals surface area contributed by atoms with Crippen molar-refractivity contribution in [3.8, 4) is 0 Å². The summed E-state index contributed by atoms with van der Waals surface area (Å²) in [6, 6.07) is -0.481. The van der Waals surface area contributed by atoms with E-state index in [0.29, 0.717) is 6.42 Å². The van der Waals surface area contributed by atoms with E-state index >= 15 is 0 Å². The molecule has 0 aromatic rings. The monoisotopic (exact) mass is 261 g/mol. The average Bonchev–Trinajstić information content (AvgIpc) is 2.36. The van der Waals surface area contributed by atoms with Crippen LogP contribution in [0.25, 0.3) is 0 Å². The molecule has 0 bridgehead atoms. The molecular formula is C12H23NO3S. The van der Waals surface area contributed by atoms with Crippen molar-refractivity contribution in [3.63, 3.8) is 0 Å². The Morgan fingerprint density at radius 1 is 1.47 bits per heavy atom. The Morgan fingerprint density at radius 3 is 2.82 bits per heavy atom. The van der Waals surface area contributed by atoms with Crippen molar-refractivity contribution in [2.24, 2.45) is 5.73 Å². The van der Waals surface area contributed by atoms with E-state index in [1.165, 1.54) is 0 Å². The number of rotatable bonds is 6. The summed E-state index contributed by atoms with van der Waals surface area (Å²) >= 11 is 1.69. The molecule has 1 aliphatic carbocycles. The fourth-order valence-electron chi connectivity index (χ4n) is 2.04. The Labute approximate surface area is 108 Å². The Balaban J connectivity index is 2.29. The molecular weight excluding hydrogens is 238 g/mol. The first kappa shape index (κ1) is 14.8. The van der Waals surface area contributed by atoms with E-state index in [9.17, 15) is 4.79 Å². The predicted octanol–water partition coefficient (Wildman–Crippen LogP) is 1.57. The molecule has 0 heterocycles. The lowest BCUT2D eigenvalue weighted by Gasteiger charge is -2.28. The Bertz CT molecular complexity index is 238. The van der Waals surface area contributed by atoms with Crippen LogP contribution < -0.4 is 5.73 Å². The third-order valence-corrected chi connectivity index (χ3v) is 3.77. The fourth-order valence-corrected chi connectivity index (χ4v) is 2.53. The summed E-state index contributed by atoms with van der Waals surface area (Å²) in [5.74, 6) is 0.627. The summed E-state index contributed by atoms with van der Waals surface area (Å²) in [4.78, 5) is 11.7. The van der Waals surface area contributed by atoms with Crippen LogP contribution in [0, 0.1) is 0 Å². The number of ether oxygens (including phenoxy) is 2. The molecule has 1 aliphatic rings. The average molecular weight is 261 g/mol. The normalized spacial score (nSPS) is 26.5. The van der Waals surface area contributed by atoms with Crippen LogP contribution in [-0.4, -0.2) is 43.3 Å². The molecule has 0 spiro atoms. The number of methoxy groups -OCH3 is 1. The molecule has 1 rings (SSSR count). The van der Waals surface area contributed by atoms with Gasteiger partial charge in [0.2, 0.25) is 0 Å². The number of carbonyl (C=O) groups excluding carboxylic acids is 1. The highest BCUT2D eigenvalue weighted by Crippen LogP contribution is 2.23. The molecule has 5 heteroatoms. The van der Waals surface area contributed by atoms with Gasteiger partial charge in [-0.1, -0.05) is 0 Å². The van der Waals surface area contributed by atoms with Gasteiger partial charge < -0.3 is 15.2 Å². The minimum absolute atomic E-state index is 0.0125. The van der Waals surface area contributed by atoms with Crippen LogP contribution in [0.15, 0.2) is 0 Å². The first-order chi connectivity index (χ1) is 8.17. The van der Waals surface area contributed by atoms with Gasteiger partial charge in [0.15, 0.2) is 0 Å². The van der Waals surface area contributed by atoms with Gasteiger partial charge in [-0.15, -0.1) is 0 Å². The topological polar surface area (TPSA) is 61.5 Å². The van der Waals surface area contributed by atoms with Gasteiger partial charge in [-0.2, -0.15) is 11.8 Å². The maximum Gasteiger partial charge on any atom is 0.323 e. The summed E-state index contributed by atoms with van der Waals surface area (Å²) < 4.78 is 10.7. The van der Waals surface area contributed by atoms with Gasteiger partial charge in [-0.05, 0) is 37.7 Å². The van der Waals surface area contributed by atoms with Gasteiger partial charge in [0.05, 0.1) is 6.10 Å². The summed E-state index contributed by atoms with van der Waals surface area (Å²) in [7, 11) is 1.71. The quantitative estimate of drug-likeness (QED) is 0.735. The summed E-state index contributed by atoms with van der Waals surface area (Å²) in [5, 5.41) is 0. The molecule has 0 radical (unpaired) electrons. The standard InChI is InChI=1S/C12H23NO3S/c1-15-9-4-3-5-10(8-9)16-12(14)11(13)6-7-17-2/h9-11H,3-8,13H2,1-2H3. The lowest BCUT2D eigenvalue weighted by atomic mass is 9.95. The van der Waals surface area contributed by atoms with E-state index < -0.39 is 6.04 Å². The largest absolute Gasteiger partial charge is 0.461 e. The van der Waals surface area contributed by atoms with Gasteiger partial charge in [-0.3, -0.25) is 4.79 Å². The second-order valence-corrected chi connectivity index (χ2v) is 5.46. The van der Waals surface area contributed by atoms with Crippen molar-refractivity contribution in [2.75, 3.05) is 19.1 Å². The molecule has 100 valence electrons. The van der Waals surface area contributed by atoms with Crippen molar-refractivity contribution >= 4 is 17.7 Å². The molecule has 0 amide bonds. The van der Waals surface area contributed by atoms with Crippen LogP contribution >= 0.6 is 11.8 Å². The van der Waals surface area contributed by atoms with E-state index in [0.717, 1.165) is 31.4 Å². The Kier molecular flexibility index (Phi) is 6.92. The van der Waals surface area contributed by atoms with Crippen molar-refractivity contribution < 1.29 is 14.3 Å². The fraction of sp³-hybridized carbons (Fsp3) is 0.917. The van der Waals surface area contributed by atoms with Crippen LogP contribution in [-0.2, 0) is 14.3 Å². The summed E-state index contributed by atoms with van der Waals surface area (Å²) in [6.07, 6.45) is 6.74. The minimum Gasteiger partial charge on any atom is -0.461 e. The number of thioether (sulfide) groups is 1. The molecule has 1 fully saturated rings. The maximum absolute atomic E-state index is 11.7. The SMILES string of the molecule is COC1CCCC(OC(=O)C(N)CCSC)C1. The predicted molar refractivity (Wildman–Crippen MR) is 70.1 cm³/mol. The third-order valence-electron chi connectivity index (χ3n) is 3.13. The van der Waals surface area contributed by atoms with Gasteiger partial charge in [0, 0.05) is 13.5 Å². The lowest BCUT2D eigenvalue weighted by molar-refractivity contribution is -0.154. The number of esters is 1. The second kappa shape index (κ2) is 7.95. The summed E-state index contributed by atoms with van der Waals surface area (Å²) in [6.45, 7) is 0. The van der Waals surface area contributed by atoms with Crippen LogP contribution in [0.1, 0.15) is 32.1 Å². The third kappa shape index (κ3) is 5.27. The highest BCUT2D eigenvalue weighted by Gasteiger charge is 2.26. The number of hydrogen-bond donors (Lipinski definition) is 1. The highest BCUT2D eigenvalue weighted by molar-refractivity contribution is 7.98. The Hall–Kier alpha value is -0.260. The molecule has 2 N–H and O–H groups in total. The van der Waals surface area contributed by atoms with Crippen molar-refractivity contribution in [1.29, 1.82) is 0 Å². The zero-order chi connectivity index (χ0) is 12.7. The maximum atomic E-state index is 11.7. The van der Waals surface area contributed by atoms with Gasteiger partial charge in [0.25, 0.3) is 0 Å². The smallest absolute Gasteiger partial charge is 0.323 e. The first-order valence-electron chi connectivity index (χ1n) is 6.15. The number of carbonyl (C=O) groups is 1. The van der Waals surface area contributed by atoms with Crippen molar-refractivity contribution in [3.05, 3.63) is 0 Å². The number of nitrogens with two attached hydrogens (primary N) is 1. The second-order valence-electron chi connectivity index (χ2n) is 4.47. The molecule has 0 aromatic carbocycles. The van der Waals surface area contributed by atoms with E-state index in [1.807, 2.05) is 6.26 Å². The molecule has 1 saturated carbocycles. The first-order valence-corrected chi connectivity index (χ1v) is 7.54. The summed E-state index contributed by atoms with van der Waals surface area (Å²) in [5.41, 5.74) is 5.77. The van der Waals surface area contributed by atoms with E-state index in [2.05, 4.69) is 0 Å². The van der Waals surface area contributed by atoms with Gasteiger partial charge >= 0.3 is 5.97 Å². The lowest BCUT2D eigenvalue weighted by Crippen LogP contribution is -2.37. The highest BCUT2D eigenvalue weighted by atomic mass is 32.2. The van der Waals surface area contributed by atoms with Crippen molar-refractivity contribution in [2.45, 2.75) is 50.4 Å². The van der Waals surface area contributed by atoms with Gasteiger partial charge in [0.1, 0.15) is 12.1 Å². The Morgan fingerprint density at radius 2 is 2.18 bits per heavy atom. The molecule has 3 unspecified atom stereocenters. The molecule has 17 heavy (non-hydrogen) atoms. The van der Waals surface area contributed by atoms with Gasteiger partial charge in [-0.25, -0.2) is 0 Å². The van der Waals surface area contributed by atoms with E-state index in [-0.39, 0.29) is 18.2 Å². The molecule has 4 nitrogen and oxygen atoms in total. The molecule has 3 atom stereocenters. The van der Waals surface area contributed by atoms with Crippen LogP contribution in [0.2, 0.25) is 0 Å². The number of hydrogen-bond acceptors (Lipinski definition) is 5. The van der Waals surface area contributed by atoms with Crippen LogP contribution in [0.4, 0.5) is 0 Å². The van der Waals surface area contributed by atoms with Crippen LogP contribution in [0.5, 0.6) is 0 Å². The van der Waals surface area contributed by atoms with Crippen molar-refractivity contribution in [1.82, 2.24) is 0 Å².